The molecule has 1 unspecified atom stereocenters. The van der Waals surface area contributed by atoms with Crippen LogP contribution in [0.3, 0.4) is 0 Å². The van der Waals surface area contributed by atoms with E-state index in [-0.39, 0.29) is 5.91 Å². The number of aryl methyl sites for hydroxylation is 1. The zero-order valence-corrected chi connectivity index (χ0v) is 13.0. The monoisotopic (exact) mass is 278 g/mol. The number of amides is 1. The van der Waals surface area contributed by atoms with Crippen molar-refractivity contribution in [1.82, 2.24) is 5.32 Å². The number of hydrogen-bond donors (Lipinski definition) is 2. The van der Waals surface area contributed by atoms with Crippen LogP contribution in [0.1, 0.15) is 37.8 Å². The van der Waals surface area contributed by atoms with Crippen LogP contribution in [0.2, 0.25) is 0 Å². The van der Waals surface area contributed by atoms with Crippen molar-refractivity contribution in [2.24, 2.45) is 5.73 Å². The van der Waals surface area contributed by atoms with E-state index in [2.05, 4.69) is 25.2 Å². The molecule has 0 aliphatic heterocycles. The molecule has 0 heterocycles. The molecule has 4 nitrogen and oxygen atoms in total. The van der Waals surface area contributed by atoms with E-state index in [1.807, 2.05) is 26.0 Å². The maximum atomic E-state index is 11.5. The van der Waals surface area contributed by atoms with Gasteiger partial charge in [-0.3, -0.25) is 4.79 Å². The third kappa shape index (κ3) is 4.23. The fraction of sp³-hybridized carbons (Fsp3) is 0.562. The van der Waals surface area contributed by atoms with Crippen molar-refractivity contribution in [2.75, 3.05) is 13.2 Å². The van der Waals surface area contributed by atoms with Gasteiger partial charge in [0, 0.05) is 0 Å². The zero-order valence-electron chi connectivity index (χ0n) is 13.0. The van der Waals surface area contributed by atoms with Crippen LogP contribution in [-0.4, -0.2) is 24.6 Å². The van der Waals surface area contributed by atoms with Gasteiger partial charge in [0.15, 0.2) is 0 Å². The first kappa shape index (κ1) is 16.5. The fourth-order valence-corrected chi connectivity index (χ4v) is 2.18. The van der Waals surface area contributed by atoms with E-state index < -0.39 is 5.54 Å². The van der Waals surface area contributed by atoms with Crippen LogP contribution < -0.4 is 15.8 Å². The largest absolute Gasteiger partial charge is 0.493 e. The molecule has 0 saturated heterocycles. The Morgan fingerprint density at radius 1 is 1.40 bits per heavy atom. The Morgan fingerprint density at radius 2 is 2.10 bits per heavy atom. The van der Waals surface area contributed by atoms with Gasteiger partial charge in [-0.05, 0) is 57.4 Å². The summed E-state index contributed by atoms with van der Waals surface area (Å²) in [5.41, 5.74) is 7.18. The SMILES string of the molecule is CCNC(C)(CCCOc1cccc(C)c1C)C(N)=O. The summed E-state index contributed by atoms with van der Waals surface area (Å²) in [7, 11) is 0. The Hall–Kier alpha value is -1.55. The van der Waals surface area contributed by atoms with Crippen LogP contribution in [0, 0.1) is 13.8 Å². The van der Waals surface area contributed by atoms with E-state index in [0.29, 0.717) is 13.0 Å². The van der Waals surface area contributed by atoms with E-state index in [1.165, 1.54) is 5.56 Å². The predicted molar refractivity (Wildman–Crippen MR) is 81.9 cm³/mol. The van der Waals surface area contributed by atoms with Gasteiger partial charge in [-0.1, -0.05) is 19.1 Å². The lowest BCUT2D eigenvalue weighted by molar-refractivity contribution is -0.124. The topological polar surface area (TPSA) is 64.3 Å². The van der Waals surface area contributed by atoms with Gasteiger partial charge in [0.05, 0.1) is 12.1 Å². The summed E-state index contributed by atoms with van der Waals surface area (Å²) >= 11 is 0. The van der Waals surface area contributed by atoms with Crippen LogP contribution in [0.4, 0.5) is 0 Å². The molecule has 1 aromatic carbocycles. The molecule has 0 fully saturated rings. The van der Waals surface area contributed by atoms with Crippen LogP contribution in [-0.2, 0) is 4.79 Å². The molecule has 1 amide bonds. The van der Waals surface area contributed by atoms with Gasteiger partial charge in [-0.2, -0.15) is 0 Å². The Balaban J connectivity index is 2.48. The number of benzene rings is 1. The molecule has 1 rings (SSSR count). The number of ether oxygens (including phenoxy) is 1. The minimum atomic E-state index is -0.653. The van der Waals surface area contributed by atoms with Crippen molar-refractivity contribution >= 4 is 5.91 Å². The molecule has 0 saturated carbocycles. The number of primary amides is 1. The lowest BCUT2D eigenvalue weighted by Crippen LogP contribution is -2.53. The summed E-state index contributed by atoms with van der Waals surface area (Å²) in [5.74, 6) is 0.598. The van der Waals surface area contributed by atoms with Gasteiger partial charge < -0.3 is 15.8 Å². The lowest BCUT2D eigenvalue weighted by atomic mass is 9.95. The average molecular weight is 278 g/mol. The summed E-state index contributed by atoms with van der Waals surface area (Å²) in [6.45, 7) is 9.23. The number of hydrogen-bond acceptors (Lipinski definition) is 3. The highest BCUT2D eigenvalue weighted by atomic mass is 16.5. The Kier molecular flexibility index (Phi) is 6.02. The Morgan fingerprint density at radius 3 is 2.70 bits per heavy atom. The summed E-state index contributed by atoms with van der Waals surface area (Å²) in [6.07, 6.45) is 1.45. The van der Waals surface area contributed by atoms with Crippen molar-refractivity contribution < 1.29 is 9.53 Å². The molecule has 0 aromatic heterocycles. The zero-order chi connectivity index (χ0) is 15.2. The molecule has 0 aliphatic rings. The first-order valence-corrected chi connectivity index (χ1v) is 7.14. The summed E-state index contributed by atoms with van der Waals surface area (Å²) < 4.78 is 5.79. The Bertz CT molecular complexity index is 460. The minimum absolute atomic E-state index is 0.314. The van der Waals surface area contributed by atoms with Crippen LogP contribution in [0.15, 0.2) is 18.2 Å². The van der Waals surface area contributed by atoms with E-state index in [4.69, 9.17) is 10.5 Å². The van der Waals surface area contributed by atoms with Crippen LogP contribution in [0.25, 0.3) is 0 Å². The maximum absolute atomic E-state index is 11.5. The van der Waals surface area contributed by atoms with E-state index in [1.54, 1.807) is 0 Å². The standard InChI is InChI=1S/C16H26N2O2/c1-5-18-16(4,15(17)19)10-7-11-20-14-9-6-8-12(2)13(14)3/h6,8-9,18H,5,7,10-11H2,1-4H3,(H2,17,19). The van der Waals surface area contributed by atoms with Gasteiger partial charge in [0.1, 0.15) is 5.75 Å². The molecule has 1 atom stereocenters. The van der Waals surface area contributed by atoms with Crippen molar-refractivity contribution in [3.63, 3.8) is 0 Å². The van der Waals surface area contributed by atoms with Crippen LogP contribution in [0.5, 0.6) is 5.75 Å². The molecule has 112 valence electrons. The van der Waals surface area contributed by atoms with Gasteiger partial charge in [-0.15, -0.1) is 0 Å². The Labute approximate surface area is 121 Å². The van der Waals surface area contributed by atoms with E-state index >= 15 is 0 Å². The third-order valence-corrected chi connectivity index (χ3v) is 3.74. The molecule has 0 aliphatic carbocycles. The number of nitrogens with one attached hydrogen (secondary N) is 1. The van der Waals surface area contributed by atoms with Crippen molar-refractivity contribution in [2.45, 2.75) is 46.1 Å². The highest BCUT2D eigenvalue weighted by Crippen LogP contribution is 2.21. The predicted octanol–water partition coefficient (Wildman–Crippen LogP) is 2.32. The second kappa shape index (κ2) is 7.29. The minimum Gasteiger partial charge on any atom is -0.493 e. The van der Waals surface area contributed by atoms with Gasteiger partial charge >= 0.3 is 0 Å². The average Bonchev–Trinajstić information content (AvgIpc) is 2.39. The third-order valence-electron chi connectivity index (χ3n) is 3.74. The van der Waals surface area contributed by atoms with Gasteiger partial charge in [0.2, 0.25) is 5.91 Å². The quantitative estimate of drug-likeness (QED) is 0.717. The van der Waals surface area contributed by atoms with E-state index in [9.17, 15) is 4.79 Å². The summed E-state index contributed by atoms with van der Waals surface area (Å²) in [5, 5.41) is 3.15. The van der Waals surface area contributed by atoms with Crippen molar-refractivity contribution in [3.8, 4) is 5.75 Å². The molecule has 0 spiro atoms. The highest BCUT2D eigenvalue weighted by molar-refractivity contribution is 5.84. The summed E-state index contributed by atoms with van der Waals surface area (Å²) in [4.78, 5) is 11.5. The van der Waals surface area contributed by atoms with Crippen LogP contribution >= 0.6 is 0 Å². The number of carbonyl (C=O) groups is 1. The number of likely N-dealkylation sites (N-methyl/N-ethyl adjacent to an activating group) is 1. The molecule has 3 N–H and O–H groups in total. The van der Waals surface area contributed by atoms with Crippen molar-refractivity contribution in [3.05, 3.63) is 29.3 Å². The molecular weight excluding hydrogens is 252 g/mol. The highest BCUT2D eigenvalue weighted by Gasteiger charge is 2.29. The molecule has 4 heteroatoms. The van der Waals surface area contributed by atoms with Gasteiger partial charge in [0.25, 0.3) is 0 Å². The number of carbonyl (C=O) groups excluding carboxylic acids is 1. The first-order chi connectivity index (χ1) is 9.40. The second-order valence-corrected chi connectivity index (χ2v) is 5.38. The smallest absolute Gasteiger partial charge is 0.237 e. The molecule has 1 aromatic rings. The van der Waals surface area contributed by atoms with Crippen molar-refractivity contribution in [1.29, 1.82) is 0 Å². The second-order valence-electron chi connectivity index (χ2n) is 5.38. The fourth-order valence-electron chi connectivity index (χ4n) is 2.18. The molecule has 0 bridgehead atoms. The first-order valence-electron chi connectivity index (χ1n) is 7.14. The molecular formula is C16H26N2O2. The summed E-state index contributed by atoms with van der Waals surface area (Å²) in [6, 6.07) is 6.03. The maximum Gasteiger partial charge on any atom is 0.237 e. The normalized spacial score (nSPS) is 13.8. The number of rotatable bonds is 8. The van der Waals surface area contributed by atoms with E-state index in [0.717, 1.165) is 24.3 Å². The molecule has 0 radical (unpaired) electrons. The lowest BCUT2D eigenvalue weighted by Gasteiger charge is -2.27. The number of nitrogens with two attached hydrogens (primary N) is 1. The van der Waals surface area contributed by atoms with Gasteiger partial charge in [-0.25, -0.2) is 0 Å². The molecule has 20 heavy (non-hydrogen) atoms.